The van der Waals surface area contributed by atoms with Gasteiger partial charge in [0.25, 0.3) is 0 Å². The third-order valence-electron chi connectivity index (χ3n) is 6.94. The van der Waals surface area contributed by atoms with Crippen LogP contribution in [0.1, 0.15) is 57.4 Å². The fourth-order valence-electron chi connectivity index (χ4n) is 4.46. The normalized spacial score (nSPS) is 12.8. The smallest absolute Gasteiger partial charge is 0.248 e. The third-order valence-corrected chi connectivity index (χ3v) is 6.94. The van der Waals surface area contributed by atoms with Gasteiger partial charge in [0.05, 0.1) is 14.2 Å². The Balaban J connectivity index is 1.77. The van der Waals surface area contributed by atoms with Crippen LogP contribution in [0.4, 0.5) is 11.5 Å². The van der Waals surface area contributed by atoms with Gasteiger partial charge in [0.15, 0.2) is 28.8 Å². The molecule has 224 valence electrons. The molecule has 0 spiro atoms. The molecule has 2 aromatic carbocycles. The fourth-order valence-corrected chi connectivity index (χ4v) is 4.46. The summed E-state index contributed by atoms with van der Waals surface area (Å²) in [7, 11) is 2.96. The number of nitrogens with one attached hydrogen (secondary N) is 2. The van der Waals surface area contributed by atoms with Crippen LogP contribution in [0.5, 0.6) is 23.0 Å². The van der Waals surface area contributed by atoms with Crippen molar-refractivity contribution in [3.63, 3.8) is 0 Å². The number of aryl methyl sites for hydroxylation is 1. The Bertz CT molecular complexity index is 1450. The van der Waals surface area contributed by atoms with E-state index in [1.165, 1.54) is 19.1 Å². The van der Waals surface area contributed by atoms with Crippen molar-refractivity contribution in [2.45, 2.75) is 58.5 Å². The molecule has 3 amide bonds. The van der Waals surface area contributed by atoms with E-state index in [1.807, 2.05) is 20.8 Å². The minimum Gasteiger partial charge on any atom is -0.493 e. The van der Waals surface area contributed by atoms with Crippen LogP contribution < -0.4 is 34.5 Å². The quantitative estimate of drug-likeness (QED) is 0.316. The predicted octanol–water partition coefficient (Wildman–Crippen LogP) is 4.53. The summed E-state index contributed by atoms with van der Waals surface area (Å²) in [5.41, 5.74) is 0.187. The SMILES string of the molecule is CCC(C)(C)NC(=O)[C@@H](c1cccc(OC)c1OC)N(C(=O)CCC(=O)Nc1cc(C)on1)c1ccc2c(c1)OCO2. The van der Waals surface area contributed by atoms with Crippen LogP contribution in [0.25, 0.3) is 0 Å². The topological polar surface area (TPSA) is 141 Å². The van der Waals surface area contributed by atoms with Gasteiger partial charge in [-0.15, -0.1) is 0 Å². The van der Waals surface area contributed by atoms with E-state index in [2.05, 4.69) is 15.8 Å². The van der Waals surface area contributed by atoms with E-state index in [0.29, 0.717) is 46.4 Å². The second-order valence-corrected chi connectivity index (χ2v) is 10.4. The highest BCUT2D eigenvalue weighted by molar-refractivity contribution is 6.03. The number of nitrogens with zero attached hydrogens (tertiary/aromatic N) is 2. The molecule has 12 heteroatoms. The molecule has 42 heavy (non-hydrogen) atoms. The second kappa shape index (κ2) is 12.8. The lowest BCUT2D eigenvalue weighted by molar-refractivity contribution is -0.128. The monoisotopic (exact) mass is 580 g/mol. The van der Waals surface area contributed by atoms with Gasteiger partial charge in [-0.25, -0.2) is 0 Å². The minimum absolute atomic E-state index is 0.0345. The molecule has 2 N–H and O–H groups in total. The van der Waals surface area contributed by atoms with Gasteiger partial charge < -0.3 is 34.1 Å². The number of carbonyl (C=O) groups excluding carboxylic acids is 3. The molecule has 12 nitrogen and oxygen atoms in total. The first kappa shape index (κ1) is 30.2. The number of hydrogen-bond acceptors (Lipinski definition) is 9. The average Bonchev–Trinajstić information content (AvgIpc) is 3.61. The Morgan fingerprint density at radius 1 is 1.05 bits per heavy atom. The van der Waals surface area contributed by atoms with Crippen LogP contribution in [0, 0.1) is 6.92 Å². The molecule has 0 aliphatic carbocycles. The molecule has 0 radical (unpaired) electrons. The zero-order chi connectivity index (χ0) is 30.4. The number of methoxy groups -OCH3 is 2. The van der Waals surface area contributed by atoms with Crippen LogP contribution in [-0.2, 0) is 14.4 Å². The zero-order valence-electron chi connectivity index (χ0n) is 24.6. The fraction of sp³-hybridized carbons (Fsp3) is 0.400. The number of amides is 3. The molecule has 1 aliphatic heterocycles. The van der Waals surface area contributed by atoms with Gasteiger partial charge in [0.1, 0.15) is 11.8 Å². The van der Waals surface area contributed by atoms with Crippen molar-refractivity contribution >= 4 is 29.2 Å². The first-order valence-electron chi connectivity index (χ1n) is 13.5. The van der Waals surface area contributed by atoms with Crippen LogP contribution in [-0.4, -0.2) is 49.4 Å². The van der Waals surface area contributed by atoms with Crippen molar-refractivity contribution in [3.8, 4) is 23.0 Å². The number of anilines is 2. The van der Waals surface area contributed by atoms with E-state index in [1.54, 1.807) is 49.4 Å². The molecule has 3 aromatic rings. The van der Waals surface area contributed by atoms with E-state index in [0.717, 1.165) is 0 Å². The average molecular weight is 581 g/mol. The third kappa shape index (κ3) is 6.76. The Labute approximate surface area is 244 Å². The molecule has 0 unspecified atom stereocenters. The highest BCUT2D eigenvalue weighted by Gasteiger charge is 2.38. The molecule has 0 fully saturated rings. The molecular formula is C30H36N4O8. The number of aromatic nitrogens is 1. The zero-order valence-corrected chi connectivity index (χ0v) is 24.6. The van der Waals surface area contributed by atoms with E-state index in [-0.39, 0.29) is 25.5 Å². The van der Waals surface area contributed by atoms with Crippen LogP contribution in [0.3, 0.4) is 0 Å². The molecular weight excluding hydrogens is 544 g/mol. The van der Waals surface area contributed by atoms with Crippen molar-refractivity contribution in [2.24, 2.45) is 0 Å². The maximum Gasteiger partial charge on any atom is 0.248 e. The van der Waals surface area contributed by atoms with Crippen molar-refractivity contribution in [3.05, 3.63) is 53.8 Å². The summed E-state index contributed by atoms with van der Waals surface area (Å²) in [6, 6.07) is 10.5. The Morgan fingerprint density at radius 2 is 1.81 bits per heavy atom. The molecule has 1 atom stereocenters. The summed E-state index contributed by atoms with van der Waals surface area (Å²) in [6.45, 7) is 7.48. The summed E-state index contributed by atoms with van der Waals surface area (Å²) in [5.74, 6) is 1.05. The lowest BCUT2D eigenvalue weighted by atomic mass is 9.97. The molecule has 1 aromatic heterocycles. The predicted molar refractivity (Wildman–Crippen MR) is 154 cm³/mol. The van der Waals surface area contributed by atoms with Crippen LogP contribution >= 0.6 is 0 Å². The molecule has 2 heterocycles. The van der Waals surface area contributed by atoms with Gasteiger partial charge in [0, 0.05) is 41.8 Å². The van der Waals surface area contributed by atoms with Crippen molar-refractivity contribution < 1.29 is 37.9 Å². The second-order valence-electron chi connectivity index (χ2n) is 10.4. The van der Waals surface area contributed by atoms with E-state index < -0.39 is 29.3 Å². The number of carbonyl (C=O) groups is 3. The summed E-state index contributed by atoms with van der Waals surface area (Å²) in [4.78, 5) is 42.3. The van der Waals surface area contributed by atoms with E-state index >= 15 is 0 Å². The minimum atomic E-state index is -1.20. The van der Waals surface area contributed by atoms with E-state index in [4.69, 9.17) is 23.5 Å². The van der Waals surface area contributed by atoms with Gasteiger partial charge in [-0.1, -0.05) is 24.2 Å². The van der Waals surface area contributed by atoms with Crippen LogP contribution in [0.2, 0.25) is 0 Å². The molecule has 0 bridgehead atoms. The molecule has 1 aliphatic rings. The summed E-state index contributed by atoms with van der Waals surface area (Å²) in [5, 5.41) is 9.45. The van der Waals surface area contributed by atoms with Gasteiger partial charge in [-0.2, -0.15) is 0 Å². The number of hydrogen-bond donors (Lipinski definition) is 2. The summed E-state index contributed by atoms with van der Waals surface area (Å²) < 4.78 is 27.2. The highest BCUT2D eigenvalue weighted by atomic mass is 16.7. The Morgan fingerprint density at radius 3 is 2.48 bits per heavy atom. The number of ether oxygens (including phenoxy) is 4. The van der Waals surface area contributed by atoms with Gasteiger partial charge in [-0.05, 0) is 45.4 Å². The van der Waals surface area contributed by atoms with Crippen molar-refractivity contribution in [1.82, 2.24) is 10.5 Å². The Kier molecular flexibility index (Phi) is 9.24. The molecule has 0 saturated carbocycles. The maximum absolute atomic E-state index is 14.2. The van der Waals surface area contributed by atoms with Crippen LogP contribution in [0.15, 0.2) is 47.0 Å². The Hall–Kier alpha value is -4.74. The molecule has 4 rings (SSSR count). The van der Waals surface area contributed by atoms with Gasteiger partial charge in [0.2, 0.25) is 24.5 Å². The number of rotatable bonds is 12. The first-order valence-corrected chi connectivity index (χ1v) is 13.5. The summed E-state index contributed by atoms with van der Waals surface area (Å²) >= 11 is 0. The molecule has 0 saturated heterocycles. The lowest BCUT2D eigenvalue weighted by Gasteiger charge is -2.35. The number of benzene rings is 2. The van der Waals surface area contributed by atoms with E-state index in [9.17, 15) is 14.4 Å². The van der Waals surface area contributed by atoms with Crippen molar-refractivity contribution in [1.29, 1.82) is 0 Å². The highest BCUT2D eigenvalue weighted by Crippen LogP contribution is 2.42. The number of para-hydroxylation sites is 1. The summed E-state index contributed by atoms with van der Waals surface area (Å²) in [6.07, 6.45) is 0.251. The van der Waals surface area contributed by atoms with Crippen molar-refractivity contribution in [2.75, 3.05) is 31.2 Å². The number of fused-ring (bicyclic) bond motifs is 1. The first-order chi connectivity index (χ1) is 20.1. The van der Waals surface area contributed by atoms with Gasteiger partial charge >= 0.3 is 0 Å². The standard InChI is InChI=1S/C30H36N4O8/c1-7-30(3,4)32-29(37)27(20-9-8-10-22(38-5)28(20)39-6)34(19-11-12-21-23(16-19)41-17-40-21)26(36)14-13-25(35)31-24-15-18(2)42-33-24/h8-12,15-16,27H,7,13-14,17H2,1-6H3,(H,32,37)(H,31,33,35)/t27-/m1/s1. The lowest BCUT2D eigenvalue weighted by Crippen LogP contribution is -2.50. The maximum atomic E-state index is 14.2. The largest absolute Gasteiger partial charge is 0.493 e. The van der Waals surface area contributed by atoms with Gasteiger partial charge in [-0.3, -0.25) is 19.3 Å².